The van der Waals surface area contributed by atoms with E-state index in [0.717, 1.165) is 0 Å². The van der Waals surface area contributed by atoms with Gasteiger partial charge in [0.1, 0.15) is 11.3 Å². The van der Waals surface area contributed by atoms with Gasteiger partial charge in [-0.2, -0.15) is 5.26 Å². The maximum Gasteiger partial charge on any atom is 0.261 e. The number of pyridine rings is 1. The minimum Gasteiger partial charge on any atom is -0.438 e. The number of anilines is 1. The second-order valence-electron chi connectivity index (χ2n) is 5.06. The molecule has 25 heavy (non-hydrogen) atoms. The number of rotatable bonds is 4. The molecule has 1 aromatic heterocycles. The van der Waals surface area contributed by atoms with Gasteiger partial charge in [-0.25, -0.2) is 4.98 Å². The number of amides is 1. The smallest absolute Gasteiger partial charge is 0.261 e. The van der Waals surface area contributed by atoms with Crippen LogP contribution in [0.3, 0.4) is 0 Å². The van der Waals surface area contributed by atoms with Crippen LogP contribution >= 0.6 is 11.6 Å². The van der Waals surface area contributed by atoms with E-state index in [9.17, 15) is 4.79 Å². The van der Waals surface area contributed by atoms with E-state index < -0.39 is 0 Å². The Morgan fingerprint density at radius 2 is 1.96 bits per heavy atom. The fourth-order valence-electron chi connectivity index (χ4n) is 2.15. The number of ether oxygens (including phenoxy) is 1. The van der Waals surface area contributed by atoms with Crippen LogP contribution in [-0.4, -0.2) is 10.9 Å². The van der Waals surface area contributed by atoms with Gasteiger partial charge in [0, 0.05) is 16.9 Å². The Kier molecular flexibility index (Phi) is 4.93. The molecule has 0 aliphatic heterocycles. The minimum absolute atomic E-state index is 0.165. The maximum atomic E-state index is 12.6. The topological polar surface area (TPSA) is 75.0 Å². The quantitative estimate of drug-likeness (QED) is 0.743. The Labute approximate surface area is 149 Å². The van der Waals surface area contributed by atoms with Crippen LogP contribution in [0.25, 0.3) is 0 Å². The van der Waals surface area contributed by atoms with Crippen LogP contribution in [0.4, 0.5) is 5.69 Å². The first-order chi connectivity index (χ1) is 12.2. The average Bonchev–Trinajstić information content (AvgIpc) is 2.62. The van der Waals surface area contributed by atoms with Crippen LogP contribution < -0.4 is 10.1 Å². The highest BCUT2D eigenvalue weighted by molar-refractivity contribution is 6.30. The van der Waals surface area contributed by atoms with Gasteiger partial charge in [-0.1, -0.05) is 23.7 Å². The molecule has 0 saturated heterocycles. The van der Waals surface area contributed by atoms with Gasteiger partial charge in [-0.3, -0.25) is 4.79 Å². The molecule has 3 aromatic rings. The molecule has 1 amide bonds. The number of carbonyl (C=O) groups is 1. The molecule has 0 aliphatic carbocycles. The molecular formula is C19H12ClN3O2. The van der Waals surface area contributed by atoms with Crippen molar-refractivity contribution in [2.75, 3.05) is 5.32 Å². The summed E-state index contributed by atoms with van der Waals surface area (Å²) in [6, 6.07) is 18.7. The normalized spacial score (nSPS) is 9.92. The highest BCUT2D eigenvalue weighted by Gasteiger charge is 2.15. The Balaban J connectivity index is 1.84. The Hall–Kier alpha value is -3.36. The second kappa shape index (κ2) is 7.47. The van der Waals surface area contributed by atoms with E-state index >= 15 is 0 Å². The summed E-state index contributed by atoms with van der Waals surface area (Å²) in [5.41, 5.74) is 1.24. The average molecular weight is 350 g/mol. The first kappa shape index (κ1) is 16.5. The van der Waals surface area contributed by atoms with Crippen molar-refractivity contribution in [1.29, 1.82) is 5.26 Å². The van der Waals surface area contributed by atoms with Gasteiger partial charge in [0.2, 0.25) is 5.88 Å². The van der Waals surface area contributed by atoms with Crippen LogP contribution in [0.5, 0.6) is 11.6 Å². The van der Waals surface area contributed by atoms with Crippen molar-refractivity contribution in [2.45, 2.75) is 0 Å². The van der Waals surface area contributed by atoms with E-state index in [-0.39, 0.29) is 17.4 Å². The SMILES string of the molecule is N#Cc1cccc(NC(=O)c2cccnc2Oc2cccc(Cl)c2)c1. The van der Waals surface area contributed by atoms with E-state index in [0.29, 0.717) is 22.0 Å². The number of carbonyl (C=O) groups excluding carboxylic acids is 1. The van der Waals surface area contributed by atoms with Crippen molar-refractivity contribution in [2.24, 2.45) is 0 Å². The summed E-state index contributed by atoms with van der Waals surface area (Å²) in [4.78, 5) is 16.7. The van der Waals surface area contributed by atoms with Crippen molar-refractivity contribution in [3.8, 4) is 17.7 Å². The zero-order valence-corrected chi connectivity index (χ0v) is 13.7. The van der Waals surface area contributed by atoms with Gasteiger partial charge in [-0.05, 0) is 48.5 Å². The molecule has 2 aromatic carbocycles. The van der Waals surface area contributed by atoms with Crippen molar-refractivity contribution in [3.63, 3.8) is 0 Å². The largest absolute Gasteiger partial charge is 0.438 e. The predicted octanol–water partition coefficient (Wildman–Crippen LogP) is 4.65. The maximum absolute atomic E-state index is 12.6. The van der Waals surface area contributed by atoms with Crippen molar-refractivity contribution >= 4 is 23.2 Å². The zero-order valence-electron chi connectivity index (χ0n) is 12.9. The molecule has 0 unspecified atom stereocenters. The Morgan fingerprint density at radius 1 is 1.12 bits per heavy atom. The monoisotopic (exact) mass is 349 g/mol. The highest BCUT2D eigenvalue weighted by Crippen LogP contribution is 2.26. The molecule has 0 spiro atoms. The van der Waals surface area contributed by atoms with Gasteiger partial charge < -0.3 is 10.1 Å². The van der Waals surface area contributed by atoms with Crippen molar-refractivity contribution in [1.82, 2.24) is 4.98 Å². The van der Waals surface area contributed by atoms with Crippen LogP contribution in [-0.2, 0) is 0 Å². The van der Waals surface area contributed by atoms with Gasteiger partial charge in [0.15, 0.2) is 0 Å². The van der Waals surface area contributed by atoms with Crippen LogP contribution in [0.1, 0.15) is 15.9 Å². The van der Waals surface area contributed by atoms with E-state index in [4.69, 9.17) is 21.6 Å². The van der Waals surface area contributed by atoms with E-state index in [1.54, 1.807) is 60.7 Å². The predicted molar refractivity (Wildman–Crippen MR) is 94.9 cm³/mol. The molecule has 0 aliphatic rings. The molecule has 5 nitrogen and oxygen atoms in total. The number of nitrogens with one attached hydrogen (secondary N) is 1. The van der Waals surface area contributed by atoms with E-state index in [1.165, 1.54) is 6.20 Å². The Bertz CT molecular complexity index is 967. The molecule has 1 N–H and O–H groups in total. The van der Waals surface area contributed by atoms with E-state index in [2.05, 4.69) is 10.3 Å². The third-order valence-electron chi connectivity index (χ3n) is 3.28. The highest BCUT2D eigenvalue weighted by atomic mass is 35.5. The lowest BCUT2D eigenvalue weighted by Gasteiger charge is -2.10. The second-order valence-corrected chi connectivity index (χ2v) is 5.50. The van der Waals surface area contributed by atoms with Crippen molar-refractivity contribution < 1.29 is 9.53 Å². The minimum atomic E-state index is -0.389. The fraction of sp³-hybridized carbons (Fsp3) is 0. The van der Waals surface area contributed by atoms with Gasteiger partial charge >= 0.3 is 0 Å². The lowest BCUT2D eigenvalue weighted by molar-refractivity contribution is 0.102. The summed E-state index contributed by atoms with van der Waals surface area (Å²) in [5.74, 6) is 0.255. The molecular weight excluding hydrogens is 338 g/mol. The molecule has 3 rings (SSSR count). The summed E-state index contributed by atoms with van der Waals surface area (Å²) < 4.78 is 5.69. The Morgan fingerprint density at radius 3 is 2.76 bits per heavy atom. The van der Waals surface area contributed by atoms with Crippen LogP contribution in [0, 0.1) is 11.3 Å². The van der Waals surface area contributed by atoms with Gasteiger partial charge in [0.05, 0.1) is 11.6 Å². The third kappa shape index (κ3) is 4.14. The molecule has 122 valence electrons. The number of nitriles is 1. The standard InChI is InChI=1S/C19H12ClN3O2/c20-14-5-2-7-16(11-14)25-19-17(8-3-9-22-19)18(24)23-15-6-1-4-13(10-15)12-21/h1-11H,(H,23,24). The van der Waals surface area contributed by atoms with Crippen molar-refractivity contribution in [3.05, 3.63) is 83.0 Å². The molecule has 6 heteroatoms. The first-order valence-electron chi connectivity index (χ1n) is 7.35. The summed E-state index contributed by atoms with van der Waals surface area (Å²) in [5, 5.41) is 12.2. The van der Waals surface area contributed by atoms with E-state index in [1.807, 2.05) is 6.07 Å². The summed E-state index contributed by atoms with van der Waals surface area (Å²) in [7, 11) is 0. The molecule has 0 fully saturated rings. The zero-order chi connectivity index (χ0) is 17.6. The molecule has 0 atom stereocenters. The molecule has 1 heterocycles. The number of hydrogen-bond acceptors (Lipinski definition) is 4. The molecule has 0 saturated carbocycles. The number of nitrogens with zero attached hydrogens (tertiary/aromatic N) is 2. The third-order valence-corrected chi connectivity index (χ3v) is 3.51. The molecule has 0 radical (unpaired) electrons. The number of hydrogen-bond donors (Lipinski definition) is 1. The van der Waals surface area contributed by atoms with Crippen LogP contribution in [0.15, 0.2) is 66.9 Å². The number of halogens is 1. The number of benzene rings is 2. The van der Waals surface area contributed by atoms with Gasteiger partial charge in [-0.15, -0.1) is 0 Å². The lowest BCUT2D eigenvalue weighted by Crippen LogP contribution is -2.13. The summed E-state index contributed by atoms with van der Waals surface area (Å²) in [6.07, 6.45) is 1.53. The van der Waals surface area contributed by atoms with Crippen LogP contribution in [0.2, 0.25) is 5.02 Å². The fourth-order valence-corrected chi connectivity index (χ4v) is 2.33. The first-order valence-corrected chi connectivity index (χ1v) is 7.73. The summed E-state index contributed by atoms with van der Waals surface area (Å²) in [6.45, 7) is 0. The number of aromatic nitrogens is 1. The summed E-state index contributed by atoms with van der Waals surface area (Å²) >= 11 is 5.94. The molecule has 0 bridgehead atoms. The lowest BCUT2D eigenvalue weighted by atomic mass is 10.2. The van der Waals surface area contributed by atoms with Gasteiger partial charge in [0.25, 0.3) is 5.91 Å².